The average molecular weight is 621 g/mol. The number of nitrogen functional groups attached to an aromatic ring is 1. The number of phosphoric acid groups is 1. The number of rotatable bonds is 10. The van der Waals surface area contributed by atoms with E-state index in [1.807, 2.05) is 0 Å². The summed E-state index contributed by atoms with van der Waals surface area (Å²) in [4.78, 5) is 46.7. The van der Waals surface area contributed by atoms with Gasteiger partial charge in [0.1, 0.15) is 5.60 Å². The smallest absolute Gasteiger partial charge is 0.437 e. The highest BCUT2D eigenvalue weighted by atomic mass is 31.2. The van der Waals surface area contributed by atoms with Crippen LogP contribution in [0, 0.1) is 10.8 Å². The normalized spacial score (nSPS) is 29.8. The molecule has 0 bridgehead atoms. The summed E-state index contributed by atoms with van der Waals surface area (Å²) in [6.07, 6.45) is -2.24. The van der Waals surface area contributed by atoms with Gasteiger partial charge in [0.15, 0.2) is 6.10 Å². The van der Waals surface area contributed by atoms with Crippen molar-refractivity contribution in [2.45, 2.75) is 78.6 Å². The zero-order valence-electron chi connectivity index (χ0n) is 24.3. The number of aliphatic hydroxyl groups is 1. The summed E-state index contributed by atoms with van der Waals surface area (Å²) in [7, 11) is -4.67. The van der Waals surface area contributed by atoms with Crippen molar-refractivity contribution in [2.24, 2.45) is 15.8 Å². The van der Waals surface area contributed by atoms with E-state index in [0.717, 1.165) is 6.34 Å². The van der Waals surface area contributed by atoms with E-state index in [4.69, 9.17) is 33.5 Å². The molecule has 0 saturated carbocycles. The van der Waals surface area contributed by atoms with Crippen LogP contribution < -0.4 is 15.8 Å². The molecule has 234 valence electrons. The fraction of sp³-hybridized carbons (Fsp3) is 0.708. The molecule has 0 aliphatic carbocycles. The van der Waals surface area contributed by atoms with E-state index in [2.05, 4.69) is 15.0 Å². The van der Waals surface area contributed by atoms with E-state index < -0.39 is 84.6 Å². The second-order valence-electron chi connectivity index (χ2n) is 12.2. The van der Waals surface area contributed by atoms with Gasteiger partial charge in [0.25, 0.3) is 11.4 Å². The summed E-state index contributed by atoms with van der Waals surface area (Å²) in [5.74, 6) is -4.31. The monoisotopic (exact) mass is 620 g/mol. The van der Waals surface area contributed by atoms with Gasteiger partial charge in [0.05, 0.1) is 17.4 Å². The molecule has 0 aromatic carbocycles. The maximum absolute atomic E-state index is 16.5. The number of halogens is 1. The first-order valence-electron chi connectivity index (χ1n) is 13.0. The number of nitrogens with one attached hydrogen (secondary N) is 1. The molecule has 0 radical (unpaired) electrons. The number of phosphoric ester groups is 1. The first kappa shape index (κ1) is 32.1. The largest absolute Gasteiger partial charge is 0.480 e. The van der Waals surface area contributed by atoms with E-state index >= 15 is 4.39 Å². The van der Waals surface area contributed by atoms with Crippen molar-refractivity contribution in [1.82, 2.24) is 14.5 Å². The molecular weight excluding hydrogens is 584 g/mol. The number of aromatic amines is 1. The summed E-state index contributed by atoms with van der Waals surface area (Å²) < 4.78 is 60.8. The molecule has 4 N–H and O–H groups in total. The van der Waals surface area contributed by atoms with Crippen LogP contribution in [0.15, 0.2) is 9.79 Å². The maximum Gasteiger partial charge on any atom is 0.480 e. The zero-order chi connectivity index (χ0) is 31.5. The molecule has 18 heteroatoms. The van der Waals surface area contributed by atoms with Gasteiger partial charge in [0, 0.05) is 0 Å². The van der Waals surface area contributed by atoms with Crippen molar-refractivity contribution in [2.75, 3.05) is 25.9 Å². The number of nitrogens with two attached hydrogens (primary N) is 1. The van der Waals surface area contributed by atoms with Gasteiger partial charge in [0.2, 0.25) is 31.6 Å². The number of anilines is 1. The molecule has 2 fully saturated rings. The minimum Gasteiger partial charge on any atom is -0.437 e. The number of quaternary nitrogens is 1. The second kappa shape index (κ2) is 10.4. The Morgan fingerprint density at radius 1 is 1.14 bits per heavy atom. The minimum atomic E-state index is -4.67. The van der Waals surface area contributed by atoms with Crippen LogP contribution in [0.3, 0.4) is 0 Å². The number of alkyl halides is 1. The highest BCUT2D eigenvalue weighted by Crippen LogP contribution is 2.67. The molecule has 1 aromatic rings. The molecule has 3 aliphatic rings. The minimum absolute atomic E-state index is 0.0384. The molecule has 1 aromatic heterocycles. The lowest BCUT2D eigenvalue weighted by Crippen LogP contribution is -2.56. The third-order valence-corrected chi connectivity index (χ3v) is 8.44. The molecule has 4 heterocycles. The third-order valence-electron chi connectivity index (χ3n) is 7.15. The van der Waals surface area contributed by atoms with Crippen molar-refractivity contribution in [1.29, 1.82) is 0 Å². The Morgan fingerprint density at radius 3 is 2.14 bits per heavy atom. The van der Waals surface area contributed by atoms with Crippen LogP contribution >= 0.6 is 7.82 Å². The van der Waals surface area contributed by atoms with Gasteiger partial charge in [-0.05, 0) is 48.0 Å². The SMILES string of the molecule is CC[C@]1(COP(=O)(OCOC(=O)C(C)(C)C)OCOC(=O)C(C)(C)C)O[C@@H]2[C@@](F)([C@@H]1O)[N+]21C=Nc2c1nc(N)[nH]c2=O. The summed E-state index contributed by atoms with van der Waals surface area (Å²) in [6, 6.07) is 0. The molecule has 42 heavy (non-hydrogen) atoms. The number of H-pyrrole nitrogens is 1. The second-order valence-corrected chi connectivity index (χ2v) is 13.9. The number of fused-ring (bicyclic) bond motifs is 5. The topological polar surface area (TPSA) is 211 Å². The molecular formula is C24H36FN5O11P+. The van der Waals surface area contributed by atoms with Crippen molar-refractivity contribution >= 4 is 43.6 Å². The van der Waals surface area contributed by atoms with Crippen LogP contribution in [0.1, 0.15) is 54.9 Å². The average Bonchev–Trinajstić information content (AvgIpc) is 3.09. The number of aliphatic hydroxyl groups excluding tert-OH is 1. The third kappa shape index (κ3) is 5.16. The van der Waals surface area contributed by atoms with Gasteiger partial charge in [-0.1, -0.05) is 6.92 Å². The quantitative estimate of drug-likeness (QED) is 0.0856. The van der Waals surface area contributed by atoms with Gasteiger partial charge < -0.3 is 25.1 Å². The van der Waals surface area contributed by atoms with E-state index in [1.165, 1.54) is 0 Å². The van der Waals surface area contributed by atoms with Crippen LogP contribution in [-0.2, 0) is 41.9 Å². The highest BCUT2D eigenvalue weighted by Gasteiger charge is 2.97. The number of carbonyl (C=O) groups excluding carboxylic acids is 2. The van der Waals surface area contributed by atoms with Gasteiger partial charge in [-0.2, -0.15) is 18.8 Å². The maximum atomic E-state index is 16.5. The Kier molecular flexibility index (Phi) is 7.98. The number of esters is 2. The zero-order valence-corrected chi connectivity index (χ0v) is 25.2. The Hall–Kier alpha value is -2.79. The molecule has 0 amide bonds. The summed E-state index contributed by atoms with van der Waals surface area (Å²) in [5, 5.41) is 11.3. The fourth-order valence-electron chi connectivity index (χ4n) is 4.54. The van der Waals surface area contributed by atoms with E-state index in [9.17, 15) is 24.1 Å². The van der Waals surface area contributed by atoms with E-state index in [1.54, 1.807) is 48.5 Å². The van der Waals surface area contributed by atoms with E-state index in [-0.39, 0.29) is 23.9 Å². The number of aliphatic imine (C=N–C) groups is 1. The summed E-state index contributed by atoms with van der Waals surface area (Å²) in [6.45, 7) is 8.69. The fourth-order valence-corrected chi connectivity index (χ4v) is 5.50. The first-order chi connectivity index (χ1) is 19.3. The predicted molar refractivity (Wildman–Crippen MR) is 144 cm³/mol. The van der Waals surface area contributed by atoms with Crippen LogP contribution in [0.2, 0.25) is 0 Å². The Balaban J connectivity index is 1.50. The molecule has 1 unspecified atom stereocenters. The lowest BCUT2D eigenvalue weighted by molar-refractivity contribution is -0.166. The Bertz CT molecular complexity index is 1370. The Morgan fingerprint density at radius 2 is 1.69 bits per heavy atom. The molecule has 1 spiro atoms. The number of hydrogen-bond acceptors (Lipinski definition) is 14. The molecule has 4 rings (SSSR count). The van der Waals surface area contributed by atoms with Crippen molar-refractivity contribution in [3.8, 4) is 0 Å². The van der Waals surface area contributed by atoms with Crippen molar-refractivity contribution < 1.29 is 51.4 Å². The lowest BCUT2D eigenvalue weighted by Gasteiger charge is -2.35. The number of carbonyl (C=O) groups is 2. The molecule has 2 saturated heterocycles. The van der Waals surface area contributed by atoms with Gasteiger partial charge in [-0.25, -0.2) is 13.6 Å². The van der Waals surface area contributed by atoms with Gasteiger partial charge in [-0.15, -0.1) is 0 Å². The van der Waals surface area contributed by atoms with Crippen LogP contribution in [0.5, 0.6) is 0 Å². The van der Waals surface area contributed by atoms with Crippen LogP contribution in [-0.4, -0.2) is 77.3 Å². The number of aromatic nitrogens is 2. The van der Waals surface area contributed by atoms with Crippen molar-refractivity contribution in [3.05, 3.63) is 10.4 Å². The van der Waals surface area contributed by atoms with E-state index in [0.29, 0.717) is 0 Å². The van der Waals surface area contributed by atoms with Crippen LogP contribution in [0.4, 0.5) is 21.8 Å². The van der Waals surface area contributed by atoms with Crippen molar-refractivity contribution in [3.63, 3.8) is 0 Å². The van der Waals surface area contributed by atoms with Gasteiger partial charge >= 0.3 is 31.8 Å². The number of nitrogens with zero attached hydrogens (tertiary/aromatic N) is 3. The molecule has 3 aliphatic heterocycles. The highest BCUT2D eigenvalue weighted by molar-refractivity contribution is 7.48. The number of hydrogen-bond donors (Lipinski definition) is 3. The van der Waals surface area contributed by atoms with Gasteiger partial charge in [-0.3, -0.25) is 23.9 Å². The molecule has 5 atom stereocenters. The Labute approximate surface area is 240 Å². The standard InChI is InChI=1S/C24H35FN5O11P/c1-8-23(16(32)24(25)17(41-23)30(24)10-27-13-14(30)28-20(26)29-15(13)31)9-38-42(35,39-11-36-18(33)21(2,3)4)40-12-37-19(34)22(5,6)7/h10,16-17,32H,8-9,11-12H2,1-7H3,(H2-,26,28,29,31)/p+1/t16-,17-,23-,24-,30?/m1/s1. The summed E-state index contributed by atoms with van der Waals surface area (Å²) in [5.41, 5.74) is 1.21. The summed E-state index contributed by atoms with van der Waals surface area (Å²) >= 11 is 0. The molecule has 16 nitrogen and oxygen atoms in total. The first-order valence-corrected chi connectivity index (χ1v) is 14.5. The number of ether oxygens (including phenoxy) is 3. The van der Waals surface area contributed by atoms with Crippen LogP contribution in [0.25, 0.3) is 0 Å². The lowest BCUT2D eigenvalue weighted by atomic mass is 9.93. The predicted octanol–water partition coefficient (Wildman–Crippen LogP) is 2.13.